The summed E-state index contributed by atoms with van der Waals surface area (Å²) in [6.07, 6.45) is 0.507. The van der Waals surface area contributed by atoms with Gasteiger partial charge >= 0.3 is 0 Å². The van der Waals surface area contributed by atoms with Crippen molar-refractivity contribution in [1.82, 2.24) is 0 Å². The van der Waals surface area contributed by atoms with E-state index in [2.05, 4.69) is 0 Å². The summed E-state index contributed by atoms with van der Waals surface area (Å²) in [7, 11) is 0. The van der Waals surface area contributed by atoms with Crippen LogP contribution in [0.3, 0.4) is 0 Å². The molecular formula is C14H10Cl2F2. The van der Waals surface area contributed by atoms with Crippen LogP contribution in [0.1, 0.15) is 16.5 Å². The summed E-state index contributed by atoms with van der Waals surface area (Å²) in [5.74, 6) is -0.681. The Bertz CT molecular complexity index is 538. The minimum absolute atomic E-state index is 0.287. The fourth-order valence-electron chi connectivity index (χ4n) is 1.69. The van der Waals surface area contributed by atoms with Gasteiger partial charge in [-0.15, -0.1) is 11.6 Å². The lowest BCUT2D eigenvalue weighted by Gasteiger charge is -2.11. The van der Waals surface area contributed by atoms with E-state index in [-0.39, 0.29) is 11.2 Å². The summed E-state index contributed by atoms with van der Waals surface area (Å²) in [6.45, 7) is 0. The van der Waals surface area contributed by atoms with Crippen LogP contribution < -0.4 is 0 Å². The Balaban J connectivity index is 2.16. The number of hydrogen-bond acceptors (Lipinski definition) is 0. The van der Waals surface area contributed by atoms with Crippen LogP contribution in [0.2, 0.25) is 5.02 Å². The number of rotatable bonds is 3. The fourth-order valence-corrected chi connectivity index (χ4v) is 2.42. The molecule has 0 aliphatic rings. The molecule has 0 N–H and O–H groups in total. The topological polar surface area (TPSA) is 0 Å². The van der Waals surface area contributed by atoms with Crippen LogP contribution in [0.5, 0.6) is 0 Å². The number of hydrogen-bond donors (Lipinski definition) is 0. The third-order valence-electron chi connectivity index (χ3n) is 2.63. The maximum atomic E-state index is 12.9. The quantitative estimate of drug-likeness (QED) is 0.685. The first-order chi connectivity index (χ1) is 8.56. The zero-order valence-electron chi connectivity index (χ0n) is 9.34. The molecule has 0 radical (unpaired) electrons. The number of halogens is 4. The molecule has 4 heteroatoms. The summed E-state index contributed by atoms with van der Waals surface area (Å²) < 4.78 is 25.7. The lowest BCUT2D eigenvalue weighted by atomic mass is 10.0. The minimum Gasteiger partial charge on any atom is -0.207 e. The van der Waals surface area contributed by atoms with E-state index in [0.717, 1.165) is 5.56 Å². The van der Waals surface area contributed by atoms with E-state index in [9.17, 15) is 8.78 Å². The summed E-state index contributed by atoms with van der Waals surface area (Å²) in [5.41, 5.74) is 1.57. The van der Waals surface area contributed by atoms with Gasteiger partial charge in [-0.25, -0.2) is 8.78 Å². The molecule has 2 rings (SSSR count). The molecule has 0 bridgehead atoms. The van der Waals surface area contributed by atoms with Crippen LogP contribution in [0, 0.1) is 11.6 Å². The Kier molecular flexibility index (Phi) is 4.20. The molecule has 0 nitrogen and oxygen atoms in total. The molecule has 0 heterocycles. The van der Waals surface area contributed by atoms with Crippen molar-refractivity contribution in [3.05, 3.63) is 70.2 Å². The maximum Gasteiger partial charge on any atom is 0.124 e. The Morgan fingerprint density at radius 1 is 0.944 bits per heavy atom. The molecule has 0 aliphatic carbocycles. The number of benzene rings is 2. The highest BCUT2D eigenvalue weighted by Gasteiger charge is 2.13. The van der Waals surface area contributed by atoms with Crippen molar-refractivity contribution in [2.45, 2.75) is 11.8 Å². The maximum absolute atomic E-state index is 12.9. The van der Waals surface area contributed by atoms with Gasteiger partial charge in [0.1, 0.15) is 11.6 Å². The highest BCUT2D eigenvalue weighted by molar-refractivity contribution is 6.32. The lowest BCUT2D eigenvalue weighted by Crippen LogP contribution is -1.97. The van der Waals surface area contributed by atoms with Gasteiger partial charge in [0.15, 0.2) is 0 Å². The van der Waals surface area contributed by atoms with E-state index in [4.69, 9.17) is 23.2 Å². The van der Waals surface area contributed by atoms with Crippen LogP contribution in [0.15, 0.2) is 42.5 Å². The van der Waals surface area contributed by atoms with Gasteiger partial charge in [-0.2, -0.15) is 0 Å². The van der Waals surface area contributed by atoms with Crippen molar-refractivity contribution in [3.63, 3.8) is 0 Å². The zero-order chi connectivity index (χ0) is 13.1. The van der Waals surface area contributed by atoms with Crippen LogP contribution in [-0.4, -0.2) is 0 Å². The average molecular weight is 287 g/mol. The second-order valence-electron chi connectivity index (χ2n) is 3.96. The van der Waals surface area contributed by atoms with Crippen LogP contribution >= 0.6 is 23.2 Å². The van der Waals surface area contributed by atoms with Crippen molar-refractivity contribution in [2.75, 3.05) is 0 Å². The number of alkyl halides is 1. The van der Waals surface area contributed by atoms with Gasteiger partial charge in [-0.05, 0) is 41.8 Å². The highest BCUT2D eigenvalue weighted by atomic mass is 35.5. The predicted octanol–water partition coefficient (Wildman–Crippen LogP) is 5.14. The van der Waals surface area contributed by atoms with Crippen molar-refractivity contribution in [3.8, 4) is 0 Å². The first-order valence-electron chi connectivity index (χ1n) is 5.40. The molecule has 2 aromatic carbocycles. The Morgan fingerprint density at radius 3 is 2.17 bits per heavy atom. The second kappa shape index (κ2) is 5.68. The van der Waals surface area contributed by atoms with Crippen molar-refractivity contribution < 1.29 is 8.78 Å². The van der Waals surface area contributed by atoms with Crippen LogP contribution in [0.4, 0.5) is 8.78 Å². The monoisotopic (exact) mass is 286 g/mol. The molecule has 2 aromatic rings. The fraction of sp³-hybridized carbons (Fsp3) is 0.143. The third kappa shape index (κ3) is 3.21. The van der Waals surface area contributed by atoms with E-state index in [1.165, 1.54) is 24.3 Å². The third-order valence-corrected chi connectivity index (χ3v) is 3.34. The first kappa shape index (κ1) is 13.3. The molecule has 0 spiro atoms. The summed E-state index contributed by atoms with van der Waals surface area (Å²) in [6, 6.07) is 10.2. The van der Waals surface area contributed by atoms with Crippen molar-refractivity contribution in [1.29, 1.82) is 0 Å². The van der Waals surface area contributed by atoms with Crippen LogP contribution in [0.25, 0.3) is 0 Å². The molecule has 1 atom stereocenters. The molecule has 0 aliphatic heterocycles. The Labute approximate surface area is 114 Å². The molecule has 0 saturated carbocycles. The molecule has 18 heavy (non-hydrogen) atoms. The first-order valence-corrected chi connectivity index (χ1v) is 6.21. The van der Waals surface area contributed by atoms with E-state index >= 15 is 0 Å². The van der Waals surface area contributed by atoms with Gasteiger partial charge < -0.3 is 0 Å². The Hall–Kier alpha value is -1.12. The van der Waals surface area contributed by atoms with Crippen molar-refractivity contribution in [2.24, 2.45) is 0 Å². The molecular weight excluding hydrogens is 277 g/mol. The summed E-state index contributed by atoms with van der Waals surface area (Å²) in [5, 5.41) is -0.0688. The molecule has 0 aromatic heterocycles. The van der Waals surface area contributed by atoms with Gasteiger partial charge in [0, 0.05) is 5.02 Å². The van der Waals surface area contributed by atoms with Gasteiger partial charge in [-0.3, -0.25) is 0 Å². The lowest BCUT2D eigenvalue weighted by molar-refractivity contribution is 0.625. The predicted molar refractivity (Wildman–Crippen MR) is 70.1 cm³/mol. The van der Waals surface area contributed by atoms with E-state index in [0.29, 0.717) is 17.0 Å². The summed E-state index contributed by atoms with van der Waals surface area (Å²) in [4.78, 5) is 0. The molecule has 0 saturated heterocycles. The van der Waals surface area contributed by atoms with Crippen molar-refractivity contribution >= 4 is 23.2 Å². The molecule has 0 amide bonds. The van der Waals surface area contributed by atoms with Crippen LogP contribution in [-0.2, 0) is 6.42 Å². The smallest absolute Gasteiger partial charge is 0.124 e. The van der Waals surface area contributed by atoms with Gasteiger partial charge in [0.25, 0.3) is 0 Å². The Morgan fingerprint density at radius 2 is 1.56 bits per heavy atom. The SMILES string of the molecule is Fc1ccc(CC(Cl)c2ccc(F)cc2Cl)cc1. The largest absolute Gasteiger partial charge is 0.207 e. The second-order valence-corrected chi connectivity index (χ2v) is 4.90. The van der Waals surface area contributed by atoms with E-state index in [1.807, 2.05) is 0 Å². The van der Waals surface area contributed by atoms with E-state index in [1.54, 1.807) is 18.2 Å². The standard InChI is InChI=1S/C14H10Cl2F2/c15-13(7-9-1-3-10(17)4-2-9)12-6-5-11(18)8-14(12)16/h1-6,8,13H,7H2. The normalized spacial score (nSPS) is 12.4. The zero-order valence-corrected chi connectivity index (χ0v) is 10.8. The molecule has 94 valence electrons. The molecule has 0 fully saturated rings. The minimum atomic E-state index is -0.394. The van der Waals surface area contributed by atoms with Gasteiger partial charge in [-0.1, -0.05) is 29.8 Å². The summed E-state index contributed by atoms with van der Waals surface area (Å²) >= 11 is 12.2. The highest BCUT2D eigenvalue weighted by Crippen LogP contribution is 2.31. The van der Waals surface area contributed by atoms with Gasteiger partial charge in [0.05, 0.1) is 5.38 Å². The average Bonchev–Trinajstić information content (AvgIpc) is 2.32. The molecule has 1 unspecified atom stereocenters. The van der Waals surface area contributed by atoms with E-state index < -0.39 is 5.82 Å². The van der Waals surface area contributed by atoms with Gasteiger partial charge in [0.2, 0.25) is 0 Å².